The first-order valence-corrected chi connectivity index (χ1v) is 5.48. The van der Waals surface area contributed by atoms with Crippen LogP contribution in [-0.4, -0.2) is 15.0 Å². The highest BCUT2D eigenvalue weighted by Gasteiger charge is 2.10. The van der Waals surface area contributed by atoms with Crippen molar-refractivity contribution in [2.24, 2.45) is 0 Å². The molecule has 88 valence electrons. The third-order valence-electron chi connectivity index (χ3n) is 2.35. The maximum Gasteiger partial charge on any atom is 0.150 e. The smallest absolute Gasteiger partial charge is 0.150 e. The fourth-order valence-corrected chi connectivity index (χ4v) is 1.56. The number of nitrogen functional groups attached to an aromatic ring is 1. The van der Waals surface area contributed by atoms with E-state index in [1.54, 1.807) is 12.4 Å². The molecule has 2 aromatic heterocycles. The Balaban J connectivity index is 2.19. The third-order valence-corrected chi connectivity index (χ3v) is 2.73. The molecule has 1 atom stereocenters. The fraction of sp³-hybridized carbons (Fsp3) is 0.182. The zero-order chi connectivity index (χ0) is 12.3. The topological polar surface area (TPSA) is 76.7 Å². The van der Waals surface area contributed by atoms with Crippen LogP contribution in [0.15, 0.2) is 30.9 Å². The van der Waals surface area contributed by atoms with Crippen molar-refractivity contribution in [2.75, 3.05) is 11.1 Å². The summed E-state index contributed by atoms with van der Waals surface area (Å²) in [7, 11) is 0. The molecule has 0 aliphatic heterocycles. The molecule has 0 amide bonds. The molecular formula is C11H12ClN5. The maximum absolute atomic E-state index is 6.00. The summed E-state index contributed by atoms with van der Waals surface area (Å²) in [5, 5.41) is 3.50. The molecule has 0 radical (unpaired) electrons. The van der Waals surface area contributed by atoms with Gasteiger partial charge in [0.15, 0.2) is 5.82 Å². The molecule has 5 nitrogen and oxygen atoms in total. The molecule has 0 bridgehead atoms. The van der Waals surface area contributed by atoms with E-state index in [1.807, 2.05) is 19.1 Å². The second kappa shape index (κ2) is 4.97. The van der Waals surface area contributed by atoms with Gasteiger partial charge in [0.25, 0.3) is 0 Å². The first-order valence-electron chi connectivity index (χ1n) is 5.11. The van der Waals surface area contributed by atoms with Crippen LogP contribution >= 0.6 is 11.6 Å². The number of nitrogens with one attached hydrogen (secondary N) is 1. The van der Waals surface area contributed by atoms with E-state index in [4.69, 9.17) is 17.3 Å². The van der Waals surface area contributed by atoms with E-state index < -0.39 is 0 Å². The number of pyridine rings is 1. The molecule has 0 spiro atoms. The van der Waals surface area contributed by atoms with Gasteiger partial charge in [-0.1, -0.05) is 17.7 Å². The minimum Gasteiger partial charge on any atom is -0.382 e. The Kier molecular flexibility index (Phi) is 3.39. The Labute approximate surface area is 104 Å². The SMILES string of the molecule is CC(Nc1ncnc(N)c1Cl)c1cccnc1. The molecule has 0 saturated carbocycles. The van der Waals surface area contributed by atoms with Crippen LogP contribution in [0.2, 0.25) is 5.02 Å². The number of anilines is 2. The Bertz CT molecular complexity index is 502. The molecule has 2 rings (SSSR count). The summed E-state index contributed by atoms with van der Waals surface area (Å²) in [6, 6.07) is 3.89. The van der Waals surface area contributed by atoms with Crippen molar-refractivity contribution in [2.45, 2.75) is 13.0 Å². The summed E-state index contributed by atoms with van der Waals surface area (Å²) < 4.78 is 0. The van der Waals surface area contributed by atoms with Crippen molar-refractivity contribution in [3.8, 4) is 0 Å². The van der Waals surface area contributed by atoms with Crippen molar-refractivity contribution < 1.29 is 0 Å². The van der Waals surface area contributed by atoms with Gasteiger partial charge in [-0.25, -0.2) is 9.97 Å². The number of nitrogens with zero attached hydrogens (tertiary/aromatic N) is 3. The highest BCUT2D eigenvalue weighted by atomic mass is 35.5. The van der Waals surface area contributed by atoms with Crippen LogP contribution in [0.25, 0.3) is 0 Å². The lowest BCUT2D eigenvalue weighted by Gasteiger charge is -2.15. The lowest BCUT2D eigenvalue weighted by Crippen LogP contribution is -2.09. The molecule has 2 aromatic rings. The molecule has 2 heterocycles. The number of aromatic nitrogens is 3. The maximum atomic E-state index is 6.00. The van der Waals surface area contributed by atoms with Crippen LogP contribution < -0.4 is 11.1 Å². The van der Waals surface area contributed by atoms with Gasteiger partial charge in [-0.3, -0.25) is 4.98 Å². The highest BCUT2D eigenvalue weighted by molar-refractivity contribution is 6.35. The number of rotatable bonds is 3. The fourth-order valence-electron chi connectivity index (χ4n) is 1.40. The van der Waals surface area contributed by atoms with E-state index in [-0.39, 0.29) is 11.9 Å². The van der Waals surface area contributed by atoms with Gasteiger partial charge >= 0.3 is 0 Å². The van der Waals surface area contributed by atoms with Crippen LogP contribution in [-0.2, 0) is 0 Å². The van der Waals surface area contributed by atoms with Crippen molar-refractivity contribution in [3.05, 3.63) is 41.4 Å². The van der Waals surface area contributed by atoms with Gasteiger partial charge in [0, 0.05) is 12.4 Å². The average Bonchev–Trinajstić information content (AvgIpc) is 2.36. The van der Waals surface area contributed by atoms with Gasteiger partial charge in [-0.2, -0.15) is 0 Å². The zero-order valence-corrected chi connectivity index (χ0v) is 10.0. The lowest BCUT2D eigenvalue weighted by atomic mass is 10.1. The molecule has 0 aliphatic carbocycles. The van der Waals surface area contributed by atoms with E-state index in [0.29, 0.717) is 10.8 Å². The van der Waals surface area contributed by atoms with E-state index in [9.17, 15) is 0 Å². The molecule has 6 heteroatoms. The van der Waals surface area contributed by atoms with E-state index in [2.05, 4.69) is 20.3 Å². The number of hydrogen-bond acceptors (Lipinski definition) is 5. The first kappa shape index (κ1) is 11.6. The van der Waals surface area contributed by atoms with E-state index in [0.717, 1.165) is 5.56 Å². The average molecular weight is 250 g/mol. The predicted molar refractivity (Wildman–Crippen MR) is 67.7 cm³/mol. The standard InChI is InChI=1S/C11H12ClN5/c1-7(8-3-2-4-14-5-8)17-11-9(12)10(13)15-6-16-11/h2-7H,1H3,(H3,13,15,16,17). The summed E-state index contributed by atoms with van der Waals surface area (Å²) in [5.41, 5.74) is 6.64. The third kappa shape index (κ3) is 2.62. The number of hydrogen-bond donors (Lipinski definition) is 2. The van der Waals surface area contributed by atoms with Gasteiger partial charge in [0.1, 0.15) is 17.2 Å². The Hall–Kier alpha value is -1.88. The van der Waals surface area contributed by atoms with Gasteiger partial charge in [-0.15, -0.1) is 0 Å². The van der Waals surface area contributed by atoms with E-state index in [1.165, 1.54) is 6.33 Å². The molecule has 1 unspecified atom stereocenters. The van der Waals surface area contributed by atoms with Gasteiger partial charge in [0.05, 0.1) is 6.04 Å². The minimum atomic E-state index is 0.0375. The number of nitrogens with two attached hydrogens (primary N) is 1. The quantitative estimate of drug-likeness (QED) is 0.873. The molecular weight excluding hydrogens is 238 g/mol. The molecule has 0 aromatic carbocycles. The van der Waals surface area contributed by atoms with Gasteiger partial charge in [-0.05, 0) is 18.6 Å². The lowest BCUT2D eigenvalue weighted by molar-refractivity contribution is 0.864. The molecule has 17 heavy (non-hydrogen) atoms. The summed E-state index contributed by atoms with van der Waals surface area (Å²) in [6.07, 6.45) is 4.89. The Morgan fingerprint density at radius 1 is 1.41 bits per heavy atom. The summed E-state index contributed by atoms with van der Waals surface area (Å²) in [6.45, 7) is 1.99. The predicted octanol–water partition coefficient (Wildman–Crippen LogP) is 2.28. The summed E-state index contributed by atoms with van der Waals surface area (Å²) >= 11 is 6.00. The molecule has 0 fully saturated rings. The van der Waals surface area contributed by atoms with Crippen molar-refractivity contribution in [3.63, 3.8) is 0 Å². The van der Waals surface area contributed by atoms with Crippen LogP contribution in [0.5, 0.6) is 0 Å². The Morgan fingerprint density at radius 2 is 2.24 bits per heavy atom. The van der Waals surface area contributed by atoms with Crippen molar-refractivity contribution >= 4 is 23.2 Å². The normalized spacial score (nSPS) is 12.1. The number of halogens is 1. The van der Waals surface area contributed by atoms with Crippen molar-refractivity contribution in [1.29, 1.82) is 0 Å². The minimum absolute atomic E-state index is 0.0375. The zero-order valence-electron chi connectivity index (χ0n) is 9.26. The molecule has 0 aliphatic rings. The highest BCUT2D eigenvalue weighted by Crippen LogP contribution is 2.26. The molecule has 3 N–H and O–H groups in total. The van der Waals surface area contributed by atoms with Crippen LogP contribution in [0.1, 0.15) is 18.5 Å². The summed E-state index contributed by atoms with van der Waals surface area (Å²) in [5.74, 6) is 0.790. The van der Waals surface area contributed by atoms with Gasteiger partial charge in [0.2, 0.25) is 0 Å². The van der Waals surface area contributed by atoms with Crippen LogP contribution in [0, 0.1) is 0 Å². The first-order chi connectivity index (χ1) is 8.18. The van der Waals surface area contributed by atoms with E-state index >= 15 is 0 Å². The summed E-state index contributed by atoms with van der Waals surface area (Å²) in [4.78, 5) is 11.9. The second-order valence-electron chi connectivity index (χ2n) is 3.57. The van der Waals surface area contributed by atoms with Gasteiger partial charge < -0.3 is 11.1 Å². The van der Waals surface area contributed by atoms with Crippen molar-refractivity contribution in [1.82, 2.24) is 15.0 Å². The van der Waals surface area contributed by atoms with Crippen LogP contribution in [0.3, 0.4) is 0 Å². The Morgan fingerprint density at radius 3 is 2.94 bits per heavy atom. The van der Waals surface area contributed by atoms with Crippen LogP contribution in [0.4, 0.5) is 11.6 Å². The largest absolute Gasteiger partial charge is 0.382 e. The second-order valence-corrected chi connectivity index (χ2v) is 3.95. The monoisotopic (exact) mass is 249 g/mol. The molecule has 0 saturated heterocycles.